The van der Waals surface area contributed by atoms with Crippen LogP contribution in [-0.2, 0) is 0 Å². The third-order valence-electron chi connectivity index (χ3n) is 0.590. The molecule has 0 bridgehead atoms. The third-order valence-corrected chi connectivity index (χ3v) is 0.590. The van der Waals surface area contributed by atoms with Gasteiger partial charge in [0.05, 0.1) is 6.42 Å². The van der Waals surface area contributed by atoms with Crippen LogP contribution in [0.3, 0.4) is 0 Å². The van der Waals surface area contributed by atoms with Crippen molar-refractivity contribution in [1.29, 1.82) is 0 Å². The zero-order valence-electron chi connectivity index (χ0n) is 3.39. The van der Waals surface area contributed by atoms with E-state index >= 15 is 0 Å². The van der Waals surface area contributed by atoms with E-state index in [1.165, 1.54) is 0 Å². The van der Waals surface area contributed by atoms with Gasteiger partial charge in [0.25, 0.3) is 0 Å². The number of aliphatic imine (C=N–C) groups is 1. The molecule has 1 heterocycles. The first-order valence-electron chi connectivity index (χ1n) is 1.93. The average molecular weight is 81.1 g/mol. The van der Waals surface area contributed by atoms with Gasteiger partial charge in [0.15, 0.2) is 12.8 Å². The summed E-state index contributed by atoms with van der Waals surface area (Å²) in [4.78, 5) is 3.73. The van der Waals surface area contributed by atoms with Gasteiger partial charge in [-0.05, 0) is 4.99 Å². The summed E-state index contributed by atoms with van der Waals surface area (Å²) < 4.78 is 3.64. The topological polar surface area (TPSA) is 26.5 Å². The summed E-state index contributed by atoms with van der Waals surface area (Å²) in [5, 5.41) is 0. The van der Waals surface area contributed by atoms with Gasteiger partial charge in [-0.1, -0.05) is 0 Å². The Morgan fingerprint density at radius 3 is 3.00 bits per heavy atom. The first kappa shape index (κ1) is 3.35. The second-order valence-corrected chi connectivity index (χ2v) is 1.08. The van der Waals surface area contributed by atoms with Crippen molar-refractivity contribution in [2.45, 2.75) is 6.42 Å². The van der Waals surface area contributed by atoms with Gasteiger partial charge in [-0.2, -0.15) is 4.67 Å². The molecule has 0 N–H and O–H groups in total. The van der Waals surface area contributed by atoms with Gasteiger partial charge in [0, 0.05) is 0 Å². The predicted molar refractivity (Wildman–Crippen MR) is 25.1 cm³/mol. The van der Waals surface area contributed by atoms with Gasteiger partial charge in [-0.15, -0.1) is 0 Å². The van der Waals surface area contributed by atoms with Crippen molar-refractivity contribution >= 4 is 12.2 Å². The van der Waals surface area contributed by atoms with Crippen LogP contribution in [0.4, 0.5) is 0 Å². The van der Waals surface area contributed by atoms with Gasteiger partial charge in [-0.3, -0.25) is 0 Å². The Balaban J connectivity index is 2.88. The Hall–Kier alpha value is -0.840. The largest absolute Gasteiger partial charge is 0.422 e. The lowest BCUT2D eigenvalue weighted by Crippen LogP contribution is -1.89. The van der Waals surface area contributed by atoms with Crippen LogP contribution in [0.2, 0.25) is 0 Å². The quantitative estimate of drug-likeness (QED) is 0.358. The lowest BCUT2D eigenvalue weighted by atomic mass is 10.5. The molecule has 0 aromatic carbocycles. The summed E-state index contributed by atoms with van der Waals surface area (Å²) in [7, 11) is 0. The van der Waals surface area contributed by atoms with Gasteiger partial charge in [-0.25, -0.2) is 0 Å². The molecule has 0 saturated carbocycles. The number of rotatable bonds is 0. The minimum Gasteiger partial charge on any atom is -0.166 e. The van der Waals surface area contributed by atoms with Crippen molar-refractivity contribution in [3.63, 3.8) is 0 Å². The summed E-state index contributed by atoms with van der Waals surface area (Å²) in [6.07, 6.45) is 2.79. The van der Waals surface area contributed by atoms with Gasteiger partial charge in [0.2, 0.25) is 0 Å². The van der Waals surface area contributed by atoms with Gasteiger partial charge in [0.1, 0.15) is 0 Å². The van der Waals surface area contributed by atoms with Crippen molar-refractivity contribution in [3.05, 3.63) is 0 Å². The van der Waals surface area contributed by atoms with E-state index in [1.807, 2.05) is 6.21 Å². The van der Waals surface area contributed by atoms with Crippen LogP contribution in [0.5, 0.6) is 0 Å². The van der Waals surface area contributed by atoms with Crippen LogP contribution in [-0.4, -0.2) is 18.8 Å². The first-order chi connectivity index (χ1) is 3.00. The van der Waals surface area contributed by atoms with Crippen LogP contribution in [0.15, 0.2) is 4.99 Å². The molecule has 1 aliphatic heterocycles. The molecule has 0 aromatic heterocycles. The molecule has 30 valence electrons. The fourth-order valence-corrected chi connectivity index (χ4v) is 0.318. The minimum absolute atomic E-state index is 0.865. The van der Waals surface area contributed by atoms with E-state index in [0.717, 1.165) is 13.0 Å². The molecule has 0 spiro atoms. The van der Waals surface area contributed by atoms with Crippen molar-refractivity contribution < 1.29 is 0 Å². The van der Waals surface area contributed by atoms with E-state index in [-0.39, 0.29) is 0 Å². The Morgan fingerprint density at radius 2 is 2.83 bits per heavy atom. The van der Waals surface area contributed by atoms with Crippen molar-refractivity contribution in [2.24, 2.45) is 4.99 Å². The minimum atomic E-state index is 0.865. The molecule has 0 unspecified atom stereocenters. The maximum Gasteiger partial charge on any atom is 0.422 e. The highest BCUT2D eigenvalue weighted by Gasteiger charge is 1.88. The monoisotopic (exact) mass is 81.0 g/mol. The van der Waals surface area contributed by atoms with E-state index in [1.54, 1.807) is 0 Å². The second kappa shape index (κ2) is 1.56. The molecule has 1 rings (SSSR count). The molecular weight excluding hydrogens is 76.1 g/mol. The Kier molecular flexibility index (Phi) is 0.872. The molecule has 0 atom stereocenters. The Bertz CT molecular complexity index is 108. The molecule has 0 saturated heterocycles. The maximum atomic E-state index is 3.73. The predicted octanol–water partition coefficient (Wildman–Crippen LogP) is -0.298. The van der Waals surface area contributed by atoms with E-state index < -0.39 is 0 Å². The molecule has 6 heavy (non-hydrogen) atoms. The van der Waals surface area contributed by atoms with Crippen molar-refractivity contribution in [1.82, 2.24) is 4.67 Å². The molecule has 1 aliphatic rings. The summed E-state index contributed by atoms with van der Waals surface area (Å²) >= 11 is 0. The fourth-order valence-electron chi connectivity index (χ4n) is 0.318. The van der Waals surface area contributed by atoms with Crippen LogP contribution < -0.4 is 4.67 Å². The van der Waals surface area contributed by atoms with Crippen LogP contribution in [0.25, 0.3) is 0 Å². The van der Waals surface area contributed by atoms with E-state index in [2.05, 4.69) is 15.7 Å². The molecule has 2 heteroatoms. The third kappa shape index (κ3) is 0.554. The van der Waals surface area contributed by atoms with Crippen molar-refractivity contribution in [3.8, 4) is 0 Å². The lowest BCUT2D eigenvalue weighted by Gasteiger charge is -1.67. The second-order valence-electron chi connectivity index (χ2n) is 1.08. The lowest BCUT2D eigenvalue weighted by molar-refractivity contribution is 1.05. The van der Waals surface area contributed by atoms with E-state index in [0.29, 0.717) is 0 Å². The standard InChI is InChI=1S/C4H5N2/c1-2-5-4-6-3-1/h2H,1,3H2/q+1. The van der Waals surface area contributed by atoms with Gasteiger partial charge >= 0.3 is 6.01 Å². The molecule has 0 amide bonds. The summed E-state index contributed by atoms with van der Waals surface area (Å²) in [5.41, 5.74) is 0. The van der Waals surface area contributed by atoms with Gasteiger partial charge < -0.3 is 0 Å². The van der Waals surface area contributed by atoms with Crippen LogP contribution >= 0.6 is 0 Å². The number of hydrogen-bond acceptors (Lipinski definition) is 1. The normalized spacial score (nSPS) is 16.0. The Labute approximate surface area is 36.0 Å². The number of hydrogen-bond donors (Lipinski definition) is 0. The average Bonchev–Trinajstić information content (AvgIpc) is 1.72. The summed E-state index contributed by atoms with van der Waals surface area (Å²) in [5.74, 6) is 0. The SMILES string of the molecule is C1=NCCC=[N+]=1. The highest BCUT2D eigenvalue weighted by molar-refractivity contribution is 5.62. The molecule has 0 radical (unpaired) electrons. The molecule has 0 aromatic rings. The number of nitrogens with zero attached hydrogens (tertiary/aromatic N) is 2. The smallest absolute Gasteiger partial charge is 0.166 e. The van der Waals surface area contributed by atoms with Crippen LogP contribution in [0.1, 0.15) is 6.42 Å². The first-order valence-corrected chi connectivity index (χ1v) is 1.93. The zero-order chi connectivity index (χ0) is 4.24. The zero-order valence-corrected chi connectivity index (χ0v) is 3.39. The highest BCUT2D eigenvalue weighted by atomic mass is 14.8. The molecule has 2 nitrogen and oxygen atoms in total. The van der Waals surface area contributed by atoms with Crippen molar-refractivity contribution in [2.75, 3.05) is 6.54 Å². The molecular formula is C4H5N2+. The fraction of sp³-hybridized carbons (Fsp3) is 0.500. The van der Waals surface area contributed by atoms with E-state index in [9.17, 15) is 0 Å². The Morgan fingerprint density at radius 1 is 1.83 bits per heavy atom. The molecule has 0 aliphatic carbocycles. The summed E-state index contributed by atoms with van der Waals surface area (Å²) in [6, 6.07) is 2.48. The maximum absolute atomic E-state index is 3.73. The molecule has 0 fully saturated rings. The highest BCUT2D eigenvalue weighted by Crippen LogP contribution is 1.71. The summed E-state index contributed by atoms with van der Waals surface area (Å²) in [6.45, 7) is 0.865. The van der Waals surface area contributed by atoms with Crippen LogP contribution in [0, 0.1) is 0 Å². The van der Waals surface area contributed by atoms with E-state index in [4.69, 9.17) is 0 Å².